The van der Waals surface area contributed by atoms with E-state index < -0.39 is 11.9 Å². The smallest absolute Gasteiger partial charge is 0.328 e. The van der Waals surface area contributed by atoms with E-state index >= 15 is 0 Å². The molecule has 0 radical (unpaired) electrons. The largest absolute Gasteiger partial charge is 0.478 e. The van der Waals surface area contributed by atoms with Crippen molar-refractivity contribution in [1.82, 2.24) is 0 Å². The number of carbonyl (C=O) groups is 2. The minimum absolute atomic E-state index is 0.558. The van der Waals surface area contributed by atoms with Crippen LogP contribution in [0.3, 0.4) is 0 Å². The Kier molecular flexibility index (Phi) is 4.71. The maximum absolute atomic E-state index is 9.55. The summed E-state index contributed by atoms with van der Waals surface area (Å²) in [5, 5.41) is 15.6. The van der Waals surface area contributed by atoms with Gasteiger partial charge in [-0.25, -0.2) is 9.59 Å². The normalized spacial score (nSPS) is 19.6. The Hall–Kier alpha value is -1.36. The fourth-order valence-electron chi connectivity index (χ4n) is 0.239. The van der Waals surface area contributed by atoms with Crippen LogP contribution in [0.4, 0.5) is 0 Å². The third-order valence-corrected chi connectivity index (χ3v) is 0.868. The average Bonchev–Trinajstić information content (AvgIpc) is 2.69. The Morgan fingerprint density at radius 2 is 1.58 bits per heavy atom. The minimum Gasteiger partial charge on any atom is -0.478 e. The predicted octanol–water partition coefficient (Wildman–Crippen LogP) is 0.117. The molecule has 0 aromatic rings. The van der Waals surface area contributed by atoms with E-state index in [4.69, 9.17) is 14.9 Å². The highest BCUT2D eigenvalue weighted by Crippen LogP contribution is 2.04. The zero-order valence-electron chi connectivity index (χ0n) is 6.56. The van der Waals surface area contributed by atoms with Crippen molar-refractivity contribution >= 4 is 11.9 Å². The molecular formula is C7H10O5. The van der Waals surface area contributed by atoms with E-state index in [2.05, 4.69) is 6.92 Å². The lowest BCUT2D eigenvalue weighted by molar-refractivity contribution is -0.134. The van der Waals surface area contributed by atoms with Gasteiger partial charge in [-0.2, -0.15) is 0 Å². The summed E-state index contributed by atoms with van der Waals surface area (Å²) in [5.41, 5.74) is 0. The second kappa shape index (κ2) is 5.31. The van der Waals surface area contributed by atoms with Crippen LogP contribution in [-0.4, -0.2) is 34.9 Å². The molecule has 0 saturated carbocycles. The van der Waals surface area contributed by atoms with Gasteiger partial charge in [0.05, 0.1) is 12.7 Å². The first-order valence-corrected chi connectivity index (χ1v) is 3.28. The van der Waals surface area contributed by atoms with Crippen molar-refractivity contribution in [2.75, 3.05) is 6.61 Å². The zero-order chi connectivity index (χ0) is 9.56. The van der Waals surface area contributed by atoms with E-state index in [1.165, 1.54) is 0 Å². The molecule has 2 N–H and O–H groups in total. The number of epoxide rings is 1. The summed E-state index contributed by atoms with van der Waals surface area (Å²) in [4.78, 5) is 19.1. The molecule has 0 aliphatic carbocycles. The fourth-order valence-corrected chi connectivity index (χ4v) is 0.239. The molecule has 0 spiro atoms. The molecule has 0 amide bonds. The zero-order valence-corrected chi connectivity index (χ0v) is 6.56. The van der Waals surface area contributed by atoms with Crippen LogP contribution in [0.2, 0.25) is 0 Å². The van der Waals surface area contributed by atoms with Gasteiger partial charge in [0.25, 0.3) is 0 Å². The Labute approximate surface area is 69.3 Å². The molecule has 5 nitrogen and oxygen atoms in total. The van der Waals surface area contributed by atoms with Crippen molar-refractivity contribution < 1.29 is 24.5 Å². The first-order chi connectivity index (χ1) is 5.52. The van der Waals surface area contributed by atoms with Crippen LogP contribution in [0.25, 0.3) is 0 Å². The summed E-state index contributed by atoms with van der Waals surface area (Å²) in [6.45, 7) is 3.04. The van der Waals surface area contributed by atoms with Crippen LogP contribution < -0.4 is 0 Å². The molecular weight excluding hydrogens is 164 g/mol. The number of carboxylic acid groups (broad SMARTS) is 2. The second-order valence-corrected chi connectivity index (χ2v) is 2.15. The SMILES string of the molecule is CC1CO1.O=C(O)/C=C/C(=O)O. The van der Waals surface area contributed by atoms with Gasteiger partial charge in [-0.15, -0.1) is 0 Å². The van der Waals surface area contributed by atoms with Crippen LogP contribution in [0, 0.1) is 0 Å². The molecule has 1 heterocycles. The van der Waals surface area contributed by atoms with E-state index in [-0.39, 0.29) is 0 Å². The maximum Gasteiger partial charge on any atom is 0.328 e. The lowest BCUT2D eigenvalue weighted by Crippen LogP contribution is -1.91. The number of hydrogen-bond donors (Lipinski definition) is 2. The topological polar surface area (TPSA) is 87.1 Å². The number of carboxylic acids is 2. The van der Waals surface area contributed by atoms with Gasteiger partial charge in [0.2, 0.25) is 0 Å². The average molecular weight is 174 g/mol. The van der Waals surface area contributed by atoms with Gasteiger partial charge >= 0.3 is 11.9 Å². The molecule has 1 unspecified atom stereocenters. The van der Waals surface area contributed by atoms with E-state index in [1.807, 2.05) is 0 Å². The van der Waals surface area contributed by atoms with Gasteiger partial charge in [-0.05, 0) is 6.92 Å². The van der Waals surface area contributed by atoms with Crippen LogP contribution >= 0.6 is 0 Å². The van der Waals surface area contributed by atoms with Crippen molar-refractivity contribution in [3.63, 3.8) is 0 Å². The predicted molar refractivity (Wildman–Crippen MR) is 39.8 cm³/mol. The van der Waals surface area contributed by atoms with E-state index in [0.717, 1.165) is 6.61 Å². The van der Waals surface area contributed by atoms with Gasteiger partial charge in [-0.1, -0.05) is 0 Å². The summed E-state index contributed by atoms with van der Waals surface area (Å²) in [5.74, 6) is -2.51. The van der Waals surface area contributed by atoms with Gasteiger partial charge < -0.3 is 14.9 Å². The van der Waals surface area contributed by atoms with Crippen molar-refractivity contribution in [2.24, 2.45) is 0 Å². The minimum atomic E-state index is -1.26. The molecule has 5 heteroatoms. The van der Waals surface area contributed by atoms with Crippen molar-refractivity contribution in [2.45, 2.75) is 13.0 Å². The molecule has 1 fully saturated rings. The highest BCUT2D eigenvalue weighted by atomic mass is 16.6. The van der Waals surface area contributed by atoms with Gasteiger partial charge in [-0.3, -0.25) is 0 Å². The Bertz CT molecular complexity index is 176. The lowest BCUT2D eigenvalue weighted by Gasteiger charge is -1.74. The quantitative estimate of drug-likeness (QED) is 0.458. The molecule has 0 aromatic carbocycles. The molecule has 1 saturated heterocycles. The Balaban J connectivity index is 0.000000247. The summed E-state index contributed by atoms with van der Waals surface area (Å²) < 4.78 is 4.71. The number of aliphatic carboxylic acids is 2. The van der Waals surface area contributed by atoms with Crippen molar-refractivity contribution in [1.29, 1.82) is 0 Å². The van der Waals surface area contributed by atoms with E-state index in [1.54, 1.807) is 0 Å². The first kappa shape index (κ1) is 10.6. The van der Waals surface area contributed by atoms with Gasteiger partial charge in [0.1, 0.15) is 0 Å². The van der Waals surface area contributed by atoms with Gasteiger partial charge in [0.15, 0.2) is 0 Å². The van der Waals surface area contributed by atoms with Crippen LogP contribution in [-0.2, 0) is 14.3 Å². The summed E-state index contributed by atoms with van der Waals surface area (Å²) >= 11 is 0. The van der Waals surface area contributed by atoms with Gasteiger partial charge in [0, 0.05) is 12.2 Å². The number of hydrogen-bond acceptors (Lipinski definition) is 3. The monoisotopic (exact) mass is 174 g/mol. The third-order valence-electron chi connectivity index (χ3n) is 0.868. The Morgan fingerprint density at radius 1 is 1.33 bits per heavy atom. The van der Waals surface area contributed by atoms with Crippen molar-refractivity contribution in [3.05, 3.63) is 12.2 Å². The summed E-state index contributed by atoms with van der Waals surface area (Å²) in [7, 11) is 0. The first-order valence-electron chi connectivity index (χ1n) is 3.28. The second-order valence-electron chi connectivity index (χ2n) is 2.15. The molecule has 1 aliphatic heterocycles. The highest BCUT2D eigenvalue weighted by molar-refractivity contribution is 5.89. The van der Waals surface area contributed by atoms with E-state index in [0.29, 0.717) is 18.3 Å². The molecule has 68 valence electrons. The molecule has 12 heavy (non-hydrogen) atoms. The van der Waals surface area contributed by atoms with Crippen LogP contribution in [0.5, 0.6) is 0 Å². The highest BCUT2D eigenvalue weighted by Gasteiger charge is 2.13. The lowest BCUT2D eigenvalue weighted by atomic mass is 10.5. The molecule has 1 aliphatic rings. The molecule has 1 rings (SSSR count). The van der Waals surface area contributed by atoms with Crippen LogP contribution in [0.1, 0.15) is 6.92 Å². The maximum atomic E-state index is 9.55. The van der Waals surface area contributed by atoms with Crippen molar-refractivity contribution in [3.8, 4) is 0 Å². The van der Waals surface area contributed by atoms with E-state index in [9.17, 15) is 9.59 Å². The number of ether oxygens (including phenoxy) is 1. The summed E-state index contributed by atoms with van der Waals surface area (Å²) in [6.07, 6.45) is 1.70. The Morgan fingerprint density at radius 3 is 1.67 bits per heavy atom. The fraction of sp³-hybridized carbons (Fsp3) is 0.429. The van der Waals surface area contributed by atoms with Crippen LogP contribution in [0.15, 0.2) is 12.2 Å². The third kappa shape index (κ3) is 11.4. The standard InChI is InChI=1S/C4H4O4.C3H6O/c5-3(6)1-2-4(7)8;1-3-2-4-3/h1-2H,(H,5,6)(H,7,8);3H,2H2,1H3/b2-1+;. The molecule has 0 bridgehead atoms. The molecule has 1 atom stereocenters. The molecule has 0 aromatic heterocycles. The summed E-state index contributed by atoms with van der Waals surface area (Å²) in [6, 6.07) is 0. The number of rotatable bonds is 2.